The van der Waals surface area contributed by atoms with Crippen LogP contribution in [0.2, 0.25) is 0 Å². The molecule has 3 N–H and O–H groups in total. The molecule has 0 spiro atoms. The molecule has 1 aliphatic rings. The van der Waals surface area contributed by atoms with Gasteiger partial charge in [-0.1, -0.05) is 6.07 Å². The summed E-state index contributed by atoms with van der Waals surface area (Å²) in [5.74, 6) is -0.150. The highest BCUT2D eigenvalue weighted by Gasteiger charge is 2.12. The zero-order valence-electron chi connectivity index (χ0n) is 9.85. The van der Waals surface area contributed by atoms with Crippen molar-refractivity contribution in [1.82, 2.24) is 5.32 Å². The van der Waals surface area contributed by atoms with E-state index in [1.54, 1.807) is 12.1 Å². The smallest absolute Gasteiger partial charge is 0.157 e. The molecule has 1 atom stereocenters. The van der Waals surface area contributed by atoms with Gasteiger partial charge >= 0.3 is 0 Å². The van der Waals surface area contributed by atoms with Gasteiger partial charge in [0.15, 0.2) is 11.5 Å². The molecule has 1 aromatic carbocycles. The maximum absolute atomic E-state index is 9.35. The summed E-state index contributed by atoms with van der Waals surface area (Å²) in [6, 6.07) is 4.87. The molecule has 4 nitrogen and oxygen atoms in total. The van der Waals surface area contributed by atoms with Crippen LogP contribution in [-0.4, -0.2) is 29.5 Å². The molecule has 0 aliphatic carbocycles. The predicted octanol–water partition coefficient (Wildman–Crippen LogP) is 1.76. The summed E-state index contributed by atoms with van der Waals surface area (Å²) in [5.41, 5.74) is 0.955. The monoisotopic (exact) mass is 237 g/mol. The maximum Gasteiger partial charge on any atom is 0.157 e. The molecule has 1 heterocycles. The molecular formula is C13H19NO3. The standard InChI is InChI=1S/C13H19NO3/c15-12-5-4-10(7-13(12)16)8-14-9-11-3-1-2-6-17-11/h4-5,7,11,14-16H,1-3,6,8-9H2. The molecule has 0 amide bonds. The second kappa shape index (κ2) is 5.89. The molecule has 4 heteroatoms. The van der Waals surface area contributed by atoms with Gasteiger partial charge in [-0.25, -0.2) is 0 Å². The lowest BCUT2D eigenvalue weighted by Crippen LogP contribution is -2.31. The minimum Gasteiger partial charge on any atom is -0.504 e. The lowest BCUT2D eigenvalue weighted by atomic mass is 10.1. The van der Waals surface area contributed by atoms with E-state index in [-0.39, 0.29) is 11.5 Å². The van der Waals surface area contributed by atoms with Gasteiger partial charge in [0.25, 0.3) is 0 Å². The molecule has 0 saturated carbocycles. The minimum atomic E-state index is -0.0793. The van der Waals surface area contributed by atoms with E-state index in [1.807, 2.05) is 0 Å². The van der Waals surface area contributed by atoms with Crippen molar-refractivity contribution in [2.45, 2.75) is 31.9 Å². The molecular weight excluding hydrogens is 218 g/mol. The number of hydrogen-bond donors (Lipinski definition) is 3. The van der Waals surface area contributed by atoms with Crippen LogP contribution in [0, 0.1) is 0 Å². The van der Waals surface area contributed by atoms with Crippen LogP contribution in [-0.2, 0) is 11.3 Å². The number of phenols is 2. The third-order valence-corrected chi connectivity index (χ3v) is 3.01. The van der Waals surface area contributed by atoms with Crippen LogP contribution >= 0.6 is 0 Å². The van der Waals surface area contributed by atoms with E-state index in [1.165, 1.54) is 18.9 Å². The van der Waals surface area contributed by atoms with Crippen molar-refractivity contribution in [1.29, 1.82) is 0 Å². The molecule has 0 aromatic heterocycles. The Balaban J connectivity index is 1.75. The zero-order chi connectivity index (χ0) is 12.1. The van der Waals surface area contributed by atoms with Gasteiger partial charge in [0.2, 0.25) is 0 Å². The van der Waals surface area contributed by atoms with Crippen LogP contribution in [0.15, 0.2) is 18.2 Å². The number of ether oxygens (including phenoxy) is 1. The Hall–Kier alpha value is -1.26. The molecule has 17 heavy (non-hydrogen) atoms. The first-order valence-electron chi connectivity index (χ1n) is 6.09. The van der Waals surface area contributed by atoms with E-state index in [9.17, 15) is 10.2 Å². The predicted molar refractivity (Wildman–Crippen MR) is 65.1 cm³/mol. The van der Waals surface area contributed by atoms with Gasteiger partial charge in [0.1, 0.15) is 0 Å². The largest absolute Gasteiger partial charge is 0.504 e. The molecule has 1 fully saturated rings. The Morgan fingerprint density at radius 2 is 2.12 bits per heavy atom. The molecule has 94 valence electrons. The molecule has 1 aromatic rings. The highest BCUT2D eigenvalue weighted by molar-refractivity contribution is 5.40. The highest BCUT2D eigenvalue weighted by Crippen LogP contribution is 2.24. The average Bonchev–Trinajstić information content (AvgIpc) is 2.35. The van der Waals surface area contributed by atoms with E-state index in [0.29, 0.717) is 12.6 Å². The van der Waals surface area contributed by atoms with E-state index in [2.05, 4.69) is 5.32 Å². The topological polar surface area (TPSA) is 61.7 Å². The average molecular weight is 237 g/mol. The summed E-state index contributed by atoms with van der Waals surface area (Å²) < 4.78 is 5.61. The van der Waals surface area contributed by atoms with Gasteiger partial charge in [-0.3, -0.25) is 0 Å². The Morgan fingerprint density at radius 1 is 1.24 bits per heavy atom. The normalized spacial score (nSPS) is 20.4. The molecule has 2 rings (SSSR count). The Kier molecular flexibility index (Phi) is 4.23. The third kappa shape index (κ3) is 3.61. The van der Waals surface area contributed by atoms with Crippen molar-refractivity contribution in [2.75, 3.05) is 13.2 Å². The van der Waals surface area contributed by atoms with Crippen LogP contribution in [0.25, 0.3) is 0 Å². The zero-order valence-corrected chi connectivity index (χ0v) is 9.85. The van der Waals surface area contributed by atoms with Gasteiger partial charge < -0.3 is 20.3 Å². The van der Waals surface area contributed by atoms with Crippen molar-refractivity contribution >= 4 is 0 Å². The molecule has 0 bridgehead atoms. The van der Waals surface area contributed by atoms with Crippen molar-refractivity contribution in [2.24, 2.45) is 0 Å². The molecule has 1 unspecified atom stereocenters. The van der Waals surface area contributed by atoms with Crippen molar-refractivity contribution < 1.29 is 14.9 Å². The van der Waals surface area contributed by atoms with Gasteiger partial charge in [-0.2, -0.15) is 0 Å². The van der Waals surface area contributed by atoms with Crippen LogP contribution in [0.4, 0.5) is 0 Å². The first kappa shape index (κ1) is 12.2. The highest BCUT2D eigenvalue weighted by atomic mass is 16.5. The summed E-state index contributed by atoms with van der Waals surface area (Å²) in [6.45, 7) is 2.38. The number of nitrogens with one attached hydrogen (secondary N) is 1. The lowest BCUT2D eigenvalue weighted by molar-refractivity contribution is 0.0168. The van der Waals surface area contributed by atoms with Crippen LogP contribution in [0.5, 0.6) is 11.5 Å². The van der Waals surface area contributed by atoms with Crippen LogP contribution < -0.4 is 5.32 Å². The maximum atomic E-state index is 9.35. The SMILES string of the molecule is Oc1ccc(CNCC2CCCCO2)cc1O. The molecule has 1 saturated heterocycles. The van der Waals surface area contributed by atoms with E-state index < -0.39 is 0 Å². The third-order valence-electron chi connectivity index (χ3n) is 3.01. The quantitative estimate of drug-likeness (QED) is 0.698. The second-order valence-corrected chi connectivity index (χ2v) is 4.44. The number of benzene rings is 1. The number of hydrogen-bond acceptors (Lipinski definition) is 4. The Morgan fingerprint density at radius 3 is 2.82 bits per heavy atom. The number of phenolic OH excluding ortho intramolecular Hbond substituents is 2. The second-order valence-electron chi connectivity index (χ2n) is 4.44. The molecule has 0 radical (unpaired) electrons. The van der Waals surface area contributed by atoms with E-state index >= 15 is 0 Å². The summed E-state index contributed by atoms with van der Waals surface area (Å²) >= 11 is 0. The van der Waals surface area contributed by atoms with Crippen LogP contribution in [0.1, 0.15) is 24.8 Å². The van der Waals surface area contributed by atoms with Gasteiger partial charge in [-0.15, -0.1) is 0 Å². The fourth-order valence-electron chi connectivity index (χ4n) is 2.02. The fraction of sp³-hybridized carbons (Fsp3) is 0.538. The van der Waals surface area contributed by atoms with Crippen molar-refractivity contribution in [3.63, 3.8) is 0 Å². The van der Waals surface area contributed by atoms with Gasteiger partial charge in [0.05, 0.1) is 6.10 Å². The van der Waals surface area contributed by atoms with Gasteiger partial charge in [0, 0.05) is 19.7 Å². The van der Waals surface area contributed by atoms with Crippen molar-refractivity contribution in [3.05, 3.63) is 23.8 Å². The van der Waals surface area contributed by atoms with E-state index in [0.717, 1.165) is 25.1 Å². The summed E-state index contributed by atoms with van der Waals surface area (Å²) in [4.78, 5) is 0. The lowest BCUT2D eigenvalue weighted by Gasteiger charge is -2.22. The summed E-state index contributed by atoms with van der Waals surface area (Å²) in [7, 11) is 0. The minimum absolute atomic E-state index is 0.0711. The summed E-state index contributed by atoms with van der Waals surface area (Å²) in [5, 5.41) is 21.8. The first-order valence-corrected chi connectivity index (χ1v) is 6.09. The molecule has 1 aliphatic heterocycles. The first-order chi connectivity index (χ1) is 8.25. The number of rotatable bonds is 4. The summed E-state index contributed by atoms with van der Waals surface area (Å²) in [6.07, 6.45) is 3.84. The van der Waals surface area contributed by atoms with Crippen molar-refractivity contribution in [3.8, 4) is 11.5 Å². The fourth-order valence-corrected chi connectivity index (χ4v) is 2.02. The van der Waals surface area contributed by atoms with Crippen LogP contribution in [0.3, 0.4) is 0 Å². The van der Waals surface area contributed by atoms with E-state index in [4.69, 9.17) is 4.74 Å². The number of aromatic hydroxyl groups is 2. The Labute approximate surface area is 101 Å². The van der Waals surface area contributed by atoms with Gasteiger partial charge in [-0.05, 0) is 37.0 Å². The Bertz CT molecular complexity index is 362.